The number of halogens is 2. The zero-order chi connectivity index (χ0) is 38.6. The number of pyridine rings is 1. The van der Waals surface area contributed by atoms with Crippen LogP contribution in [0.3, 0.4) is 0 Å². The van der Waals surface area contributed by atoms with E-state index in [0.29, 0.717) is 58.1 Å². The fourth-order valence-corrected chi connectivity index (χ4v) is 8.95. The van der Waals surface area contributed by atoms with Gasteiger partial charge in [-0.15, -0.1) is 0 Å². The SMILES string of the molecule is COCCN1CC[C@]2(CCN([C@H]3CCc4cc(-c5cccc(-c6cccc(Nc7ncnc8c7c(=O)n(C)c(=O)n8C)c6Cl)c5Cl)nc(OC)c43)C2)NC1=O. The van der Waals surface area contributed by atoms with Crippen molar-refractivity contribution >= 4 is 51.8 Å². The van der Waals surface area contributed by atoms with Gasteiger partial charge in [0.2, 0.25) is 5.88 Å². The van der Waals surface area contributed by atoms with Crippen molar-refractivity contribution in [2.24, 2.45) is 14.1 Å². The number of ether oxygens (including phenoxy) is 2. The summed E-state index contributed by atoms with van der Waals surface area (Å²) in [5, 5.41) is 7.51. The first-order valence-electron chi connectivity index (χ1n) is 18.2. The van der Waals surface area contributed by atoms with E-state index in [2.05, 4.69) is 31.6 Å². The molecule has 3 aromatic heterocycles. The van der Waals surface area contributed by atoms with Gasteiger partial charge in [0.25, 0.3) is 5.56 Å². The second kappa shape index (κ2) is 14.6. The highest BCUT2D eigenvalue weighted by Crippen LogP contribution is 2.47. The van der Waals surface area contributed by atoms with Crippen LogP contribution in [0.5, 0.6) is 5.88 Å². The number of urea groups is 1. The number of amides is 2. The van der Waals surface area contributed by atoms with Crippen molar-refractivity contribution in [1.82, 2.24) is 39.2 Å². The Morgan fingerprint density at radius 3 is 2.47 bits per heavy atom. The summed E-state index contributed by atoms with van der Waals surface area (Å²) in [6, 6.07) is 13.4. The van der Waals surface area contributed by atoms with Gasteiger partial charge in [-0.05, 0) is 43.4 Å². The smallest absolute Gasteiger partial charge is 0.332 e. The van der Waals surface area contributed by atoms with Crippen LogP contribution in [0, 0.1) is 0 Å². The van der Waals surface area contributed by atoms with E-state index < -0.39 is 11.2 Å². The maximum absolute atomic E-state index is 13.2. The average molecular weight is 787 g/mol. The quantitative estimate of drug-likeness (QED) is 0.202. The Hall–Kier alpha value is -5.02. The van der Waals surface area contributed by atoms with Gasteiger partial charge in [-0.3, -0.25) is 18.8 Å². The van der Waals surface area contributed by atoms with E-state index in [1.54, 1.807) is 27.3 Å². The van der Waals surface area contributed by atoms with Crippen molar-refractivity contribution in [3.05, 3.63) is 90.8 Å². The lowest BCUT2D eigenvalue weighted by Crippen LogP contribution is -2.61. The first-order chi connectivity index (χ1) is 26.5. The number of aromatic nitrogens is 5. The summed E-state index contributed by atoms with van der Waals surface area (Å²) < 4.78 is 13.5. The molecule has 0 unspecified atom stereocenters. The molecule has 8 rings (SSSR count). The Morgan fingerprint density at radius 2 is 1.71 bits per heavy atom. The second-order valence-electron chi connectivity index (χ2n) is 14.4. The molecule has 2 amide bonds. The molecule has 0 radical (unpaired) electrons. The van der Waals surface area contributed by atoms with Crippen LogP contribution < -0.4 is 26.6 Å². The number of aryl methyl sites for hydroxylation is 2. The molecule has 5 aromatic rings. The van der Waals surface area contributed by atoms with Gasteiger partial charge in [-0.2, -0.15) is 0 Å². The molecule has 1 aliphatic carbocycles. The van der Waals surface area contributed by atoms with Crippen molar-refractivity contribution < 1.29 is 14.3 Å². The third kappa shape index (κ3) is 6.40. The number of anilines is 2. The van der Waals surface area contributed by atoms with Crippen LogP contribution in [0.1, 0.15) is 36.4 Å². The van der Waals surface area contributed by atoms with E-state index in [1.807, 2.05) is 35.2 Å². The van der Waals surface area contributed by atoms with Gasteiger partial charge >= 0.3 is 11.7 Å². The van der Waals surface area contributed by atoms with E-state index >= 15 is 0 Å². The Labute approximate surface area is 327 Å². The fourth-order valence-electron chi connectivity index (χ4n) is 8.35. The average Bonchev–Trinajstić information content (AvgIpc) is 3.81. The summed E-state index contributed by atoms with van der Waals surface area (Å²) in [5.41, 5.74) is 4.44. The van der Waals surface area contributed by atoms with Gasteiger partial charge < -0.3 is 25.0 Å². The van der Waals surface area contributed by atoms with Gasteiger partial charge in [-0.25, -0.2) is 24.5 Å². The molecule has 55 heavy (non-hydrogen) atoms. The van der Waals surface area contributed by atoms with E-state index in [0.717, 1.165) is 60.0 Å². The largest absolute Gasteiger partial charge is 0.481 e. The highest BCUT2D eigenvalue weighted by atomic mass is 35.5. The molecule has 16 heteroatoms. The maximum atomic E-state index is 13.2. The number of carbonyl (C=O) groups is 1. The van der Waals surface area contributed by atoms with Crippen molar-refractivity contribution in [2.75, 3.05) is 52.3 Å². The summed E-state index contributed by atoms with van der Waals surface area (Å²) in [5.74, 6) is 0.783. The normalized spacial score (nSPS) is 19.6. The standard InChI is InChI=1S/C39H41Cl2N9O5/c1-47-34-30(36(51)48(2)38(47)53)33(42-21-43-34)44-26-10-6-8-24(32(26)41)23-7-5-9-25(31(23)40)27-19-22-11-12-28(29(22)35(45-27)55-4)50-16-14-39(20-50)13-15-49(17-18-54-3)37(52)46-39/h5-10,19,21,28H,11-18,20H2,1-4H3,(H,46,52)(H,42,43,44)/t28-,39+/m0/s1. The lowest BCUT2D eigenvalue weighted by molar-refractivity contribution is 0.114. The molecule has 14 nitrogen and oxygen atoms in total. The Balaban J connectivity index is 1.07. The van der Waals surface area contributed by atoms with Gasteiger partial charge in [-0.1, -0.05) is 53.5 Å². The van der Waals surface area contributed by atoms with E-state index in [1.165, 1.54) is 17.9 Å². The van der Waals surface area contributed by atoms with Gasteiger partial charge in [0.1, 0.15) is 17.5 Å². The number of fused-ring (bicyclic) bond motifs is 2. The zero-order valence-corrected chi connectivity index (χ0v) is 32.5. The third-order valence-corrected chi connectivity index (χ3v) is 12.1. The number of carbonyl (C=O) groups excluding carboxylic acids is 1. The molecule has 5 heterocycles. The molecule has 3 aliphatic rings. The van der Waals surface area contributed by atoms with E-state index in [4.69, 9.17) is 37.7 Å². The van der Waals surface area contributed by atoms with Crippen molar-refractivity contribution in [3.8, 4) is 28.3 Å². The molecule has 2 fully saturated rings. The molecule has 2 aromatic carbocycles. The van der Waals surface area contributed by atoms with Crippen molar-refractivity contribution in [1.29, 1.82) is 0 Å². The molecule has 2 atom stereocenters. The number of nitrogens with zero attached hydrogens (tertiary/aromatic N) is 7. The van der Waals surface area contributed by atoms with E-state index in [-0.39, 0.29) is 34.5 Å². The fraction of sp³-hybridized carbons (Fsp3) is 0.385. The molecular weight excluding hydrogens is 745 g/mol. The van der Waals surface area contributed by atoms with Gasteiger partial charge in [0.15, 0.2) is 5.65 Å². The van der Waals surface area contributed by atoms with Crippen LogP contribution in [0.4, 0.5) is 16.3 Å². The molecule has 0 saturated carbocycles. The molecule has 286 valence electrons. The number of rotatable bonds is 9. The van der Waals surface area contributed by atoms with E-state index in [9.17, 15) is 14.4 Å². The van der Waals surface area contributed by atoms with Crippen LogP contribution in [-0.2, 0) is 25.3 Å². The number of methoxy groups -OCH3 is 2. The van der Waals surface area contributed by atoms with Crippen LogP contribution in [0.15, 0.2) is 58.4 Å². The minimum Gasteiger partial charge on any atom is -0.481 e. The minimum atomic E-state index is -0.527. The first-order valence-corrected chi connectivity index (χ1v) is 18.9. The Morgan fingerprint density at radius 1 is 0.964 bits per heavy atom. The van der Waals surface area contributed by atoms with Crippen LogP contribution >= 0.6 is 23.2 Å². The summed E-state index contributed by atoms with van der Waals surface area (Å²) in [6.45, 7) is 3.47. The monoisotopic (exact) mass is 785 g/mol. The van der Waals surface area contributed by atoms with Crippen molar-refractivity contribution in [3.63, 3.8) is 0 Å². The van der Waals surface area contributed by atoms with Gasteiger partial charge in [0, 0.05) is 75.7 Å². The lowest BCUT2D eigenvalue weighted by atomic mass is 9.92. The number of benzene rings is 2. The summed E-state index contributed by atoms with van der Waals surface area (Å²) in [7, 11) is 6.26. The number of hydrogen-bond donors (Lipinski definition) is 2. The lowest BCUT2D eigenvalue weighted by Gasteiger charge is -2.40. The highest BCUT2D eigenvalue weighted by Gasteiger charge is 2.46. The predicted octanol–water partition coefficient (Wildman–Crippen LogP) is 5.31. The maximum Gasteiger partial charge on any atom is 0.332 e. The van der Waals surface area contributed by atoms with Crippen LogP contribution in [0.2, 0.25) is 10.0 Å². The molecule has 0 bridgehead atoms. The van der Waals surface area contributed by atoms with Gasteiger partial charge in [0.05, 0.1) is 40.7 Å². The molecule has 2 aliphatic heterocycles. The molecule has 1 spiro atoms. The van der Waals surface area contributed by atoms with Crippen molar-refractivity contribution in [2.45, 2.75) is 37.3 Å². The molecular formula is C39H41Cl2N9O5. The summed E-state index contributed by atoms with van der Waals surface area (Å²) in [6.07, 6.45) is 4.86. The van der Waals surface area contributed by atoms with Crippen LogP contribution in [0.25, 0.3) is 33.4 Å². The Kier molecular flexibility index (Phi) is 9.78. The summed E-state index contributed by atoms with van der Waals surface area (Å²) >= 11 is 14.3. The third-order valence-electron chi connectivity index (χ3n) is 11.3. The highest BCUT2D eigenvalue weighted by molar-refractivity contribution is 6.39. The minimum absolute atomic E-state index is 0.0233. The summed E-state index contributed by atoms with van der Waals surface area (Å²) in [4.78, 5) is 56.5. The number of nitrogens with one attached hydrogen (secondary N) is 2. The first kappa shape index (κ1) is 36.9. The molecule has 2 N–H and O–H groups in total. The van der Waals surface area contributed by atoms with Crippen LogP contribution in [-0.4, -0.2) is 92.5 Å². The zero-order valence-electron chi connectivity index (χ0n) is 31.0. The second-order valence-corrected chi connectivity index (χ2v) is 15.1. The number of hydrogen-bond acceptors (Lipinski definition) is 10. The number of likely N-dealkylation sites (tertiary alicyclic amines) is 1. The predicted molar refractivity (Wildman–Crippen MR) is 212 cm³/mol. The molecule has 2 saturated heterocycles. The Bertz CT molecular complexity index is 2470. The topological polar surface area (TPSA) is 149 Å².